The molecular weight excluding hydrogens is 335 g/mol. The van der Waals surface area contributed by atoms with E-state index >= 15 is 0 Å². The van der Waals surface area contributed by atoms with Crippen LogP contribution in [-0.4, -0.2) is 27.5 Å². The molecule has 0 heterocycles. The van der Waals surface area contributed by atoms with Gasteiger partial charge in [-0.1, -0.05) is 26.0 Å². The first kappa shape index (κ1) is 19.6. The van der Waals surface area contributed by atoms with Crippen molar-refractivity contribution < 1.29 is 19.6 Å². The summed E-state index contributed by atoms with van der Waals surface area (Å²) in [6.07, 6.45) is 3.89. The van der Waals surface area contributed by atoms with Gasteiger partial charge in [0.25, 0.3) is 0 Å². The van der Waals surface area contributed by atoms with Crippen LogP contribution in [-0.2, 0) is 6.42 Å². The van der Waals surface area contributed by atoms with Gasteiger partial charge in [0.05, 0.1) is 0 Å². The summed E-state index contributed by atoms with van der Waals surface area (Å²) < 4.78 is 5.40. The first-order chi connectivity index (χ1) is 11.6. The zero-order valence-electron chi connectivity index (χ0n) is 15.3. The van der Waals surface area contributed by atoms with Gasteiger partial charge in [-0.3, -0.25) is 0 Å². The molecule has 0 aliphatic rings. The van der Waals surface area contributed by atoms with E-state index in [1.165, 1.54) is 11.1 Å². The summed E-state index contributed by atoms with van der Waals surface area (Å²) >= 11 is 0. The summed E-state index contributed by atoms with van der Waals surface area (Å²) in [5.41, 5.74) is 5.55. The second-order valence-corrected chi connectivity index (χ2v) is 8.87. The Kier molecular flexibility index (Phi) is 5.99. The molecule has 136 valence electrons. The third kappa shape index (κ3) is 5.12. The Morgan fingerprint density at radius 3 is 2.28 bits per heavy atom. The summed E-state index contributed by atoms with van der Waals surface area (Å²) in [5.74, 6) is 1.22. The van der Waals surface area contributed by atoms with Crippen molar-refractivity contribution in [3.05, 3.63) is 58.1 Å². The quantitative estimate of drug-likeness (QED) is 0.669. The summed E-state index contributed by atoms with van der Waals surface area (Å²) in [7, 11) is -3.19. The summed E-state index contributed by atoms with van der Waals surface area (Å²) in [5, 5.41) is 10.1. The predicted octanol–water partition coefficient (Wildman–Crippen LogP) is 4.32. The average molecular weight is 362 g/mol. The van der Waals surface area contributed by atoms with Crippen LogP contribution in [0.3, 0.4) is 0 Å². The van der Waals surface area contributed by atoms with E-state index in [4.69, 9.17) is 4.74 Å². The van der Waals surface area contributed by atoms with Gasteiger partial charge in [0, 0.05) is 0 Å². The molecule has 0 aliphatic heterocycles. The van der Waals surface area contributed by atoms with Crippen LogP contribution in [0.4, 0.5) is 0 Å². The number of hydrogen-bond acceptors (Lipinski definition) is 4. The van der Waals surface area contributed by atoms with Crippen molar-refractivity contribution in [2.45, 2.75) is 40.0 Å². The third-order valence-corrected chi connectivity index (χ3v) is 4.86. The van der Waals surface area contributed by atoms with E-state index in [1.54, 1.807) is 6.07 Å². The van der Waals surface area contributed by atoms with Crippen LogP contribution in [0.15, 0.2) is 30.3 Å². The Hall–Kier alpha value is -1.74. The highest BCUT2D eigenvalue weighted by Gasteiger charge is 2.14. The van der Waals surface area contributed by atoms with Crippen LogP contribution < -0.4 is 4.74 Å². The minimum atomic E-state index is -3.19. The van der Waals surface area contributed by atoms with Gasteiger partial charge in [0.2, 0.25) is 0 Å². The van der Waals surface area contributed by atoms with Gasteiger partial charge in [0.15, 0.2) is 6.35 Å². The van der Waals surface area contributed by atoms with E-state index in [0.717, 1.165) is 23.1 Å². The Bertz CT molecular complexity index is 806. The minimum absolute atomic E-state index is 0.180. The fraction of sp³-hybridized carbons (Fsp3) is 0.350. The van der Waals surface area contributed by atoms with Gasteiger partial charge >= 0.3 is 0 Å². The van der Waals surface area contributed by atoms with Crippen molar-refractivity contribution >= 4 is 13.6 Å². The van der Waals surface area contributed by atoms with Crippen molar-refractivity contribution in [2.75, 3.05) is 6.35 Å². The Balaban J connectivity index is 2.24. The normalized spacial score (nSPS) is 11.8. The second-order valence-electron chi connectivity index (χ2n) is 6.85. The van der Waals surface area contributed by atoms with E-state index in [-0.39, 0.29) is 12.3 Å². The van der Waals surface area contributed by atoms with Gasteiger partial charge in [-0.05, 0) is 78.5 Å². The van der Waals surface area contributed by atoms with Gasteiger partial charge in [0.1, 0.15) is 18.8 Å². The highest BCUT2D eigenvalue weighted by molar-refractivity contribution is 7.62. The SMILES string of the molecule is C=P(O)(O)COc1ccc(Cc2ccc(O)c(C(C)C)c2C)c(C)c1. The van der Waals surface area contributed by atoms with Gasteiger partial charge < -0.3 is 19.6 Å². The van der Waals surface area contributed by atoms with Crippen molar-refractivity contribution in [1.29, 1.82) is 0 Å². The van der Waals surface area contributed by atoms with E-state index < -0.39 is 7.34 Å². The minimum Gasteiger partial charge on any atom is -0.508 e. The highest BCUT2D eigenvalue weighted by atomic mass is 31.2. The average Bonchev–Trinajstić information content (AvgIpc) is 2.49. The fourth-order valence-corrected chi connectivity index (χ4v) is 3.38. The number of ether oxygens (including phenoxy) is 1. The molecule has 0 atom stereocenters. The zero-order chi connectivity index (χ0) is 18.8. The molecule has 0 saturated heterocycles. The standard InChI is InChI=1S/C20H27O4P/c1-13(2)20-15(4)17(7-9-19(20)21)11-16-6-8-18(10-14(16)3)24-12-25(5,22)23/h6-10,13,21-23H,5,11-12H2,1-4H3. The molecule has 2 rings (SSSR count). The lowest BCUT2D eigenvalue weighted by Gasteiger charge is -2.17. The molecule has 0 unspecified atom stereocenters. The molecule has 5 heteroatoms. The molecule has 0 amide bonds. The second kappa shape index (κ2) is 7.65. The lowest BCUT2D eigenvalue weighted by Crippen LogP contribution is -2.02. The van der Waals surface area contributed by atoms with Crippen LogP contribution in [0.5, 0.6) is 11.5 Å². The molecule has 4 nitrogen and oxygen atoms in total. The fourth-order valence-electron chi connectivity index (χ4n) is 3.02. The molecule has 0 saturated carbocycles. The smallest absolute Gasteiger partial charge is 0.152 e. The molecule has 0 aromatic heterocycles. The molecule has 0 spiro atoms. The van der Waals surface area contributed by atoms with Crippen LogP contribution in [0.25, 0.3) is 0 Å². The lowest BCUT2D eigenvalue weighted by molar-refractivity contribution is 0.345. The maximum Gasteiger partial charge on any atom is 0.152 e. The monoisotopic (exact) mass is 362 g/mol. The molecule has 0 fully saturated rings. The van der Waals surface area contributed by atoms with Crippen molar-refractivity contribution in [3.8, 4) is 11.5 Å². The molecule has 25 heavy (non-hydrogen) atoms. The van der Waals surface area contributed by atoms with Crippen molar-refractivity contribution in [1.82, 2.24) is 0 Å². The number of aromatic hydroxyl groups is 1. The summed E-state index contributed by atoms with van der Waals surface area (Å²) in [4.78, 5) is 18.7. The van der Waals surface area contributed by atoms with E-state index in [2.05, 4.69) is 27.1 Å². The first-order valence-electron chi connectivity index (χ1n) is 8.30. The number of hydrogen-bond donors (Lipinski definition) is 3. The maximum atomic E-state index is 10.1. The van der Waals surface area contributed by atoms with E-state index in [9.17, 15) is 14.9 Å². The molecule has 2 aromatic rings. The van der Waals surface area contributed by atoms with Crippen molar-refractivity contribution in [2.24, 2.45) is 0 Å². The number of rotatable bonds is 6. The van der Waals surface area contributed by atoms with Crippen LogP contribution >= 0.6 is 7.34 Å². The number of phenolic OH excluding ortho intramolecular Hbond substituents is 1. The zero-order valence-corrected chi connectivity index (χ0v) is 16.2. The topological polar surface area (TPSA) is 69.9 Å². The largest absolute Gasteiger partial charge is 0.508 e. The Morgan fingerprint density at radius 2 is 1.72 bits per heavy atom. The summed E-state index contributed by atoms with van der Waals surface area (Å²) in [6, 6.07) is 9.45. The molecular formula is C20H27O4P. The molecule has 0 radical (unpaired) electrons. The van der Waals surface area contributed by atoms with E-state index in [1.807, 2.05) is 31.2 Å². The van der Waals surface area contributed by atoms with Gasteiger partial charge in [-0.25, -0.2) is 0 Å². The molecule has 0 aliphatic carbocycles. The van der Waals surface area contributed by atoms with Crippen LogP contribution in [0.2, 0.25) is 0 Å². The Morgan fingerprint density at radius 1 is 1.08 bits per heavy atom. The lowest BCUT2D eigenvalue weighted by atomic mass is 9.90. The first-order valence-corrected chi connectivity index (χ1v) is 10.4. The van der Waals surface area contributed by atoms with E-state index in [0.29, 0.717) is 11.5 Å². The predicted molar refractivity (Wildman–Crippen MR) is 105 cm³/mol. The number of phenols is 1. The Labute approximate surface area is 149 Å². The maximum absolute atomic E-state index is 10.1. The molecule has 2 aromatic carbocycles. The van der Waals surface area contributed by atoms with Crippen LogP contribution in [0.1, 0.15) is 47.6 Å². The number of aryl methyl sites for hydroxylation is 1. The van der Waals surface area contributed by atoms with Crippen LogP contribution in [0, 0.1) is 13.8 Å². The van der Waals surface area contributed by atoms with Gasteiger partial charge in [-0.15, -0.1) is 0 Å². The summed E-state index contributed by atoms with van der Waals surface area (Å²) in [6.45, 7) is 8.22. The third-order valence-electron chi connectivity index (χ3n) is 4.31. The molecule has 3 N–H and O–H groups in total. The van der Waals surface area contributed by atoms with Crippen molar-refractivity contribution in [3.63, 3.8) is 0 Å². The molecule has 0 bridgehead atoms. The highest BCUT2D eigenvalue weighted by Crippen LogP contribution is 2.35. The van der Waals surface area contributed by atoms with Gasteiger partial charge in [-0.2, -0.15) is 0 Å². The number of benzene rings is 2.